The number of hydrogen-bond donors (Lipinski definition) is 0. The van der Waals surface area contributed by atoms with Gasteiger partial charge in [0.05, 0.1) is 23.8 Å². The maximum atomic E-state index is 13.9. The minimum absolute atomic E-state index is 0.0401. The van der Waals surface area contributed by atoms with Crippen molar-refractivity contribution in [3.05, 3.63) is 59.1 Å². The van der Waals surface area contributed by atoms with Crippen molar-refractivity contribution in [1.82, 2.24) is 19.7 Å². The molecule has 7 nitrogen and oxygen atoms in total. The molecule has 0 aliphatic rings. The fourth-order valence-corrected chi connectivity index (χ4v) is 2.58. The van der Waals surface area contributed by atoms with E-state index >= 15 is 0 Å². The molecule has 2 aromatic heterocycles. The summed E-state index contributed by atoms with van der Waals surface area (Å²) >= 11 is 0. The number of halogens is 4. The Morgan fingerprint density at radius 3 is 2.26 bits per heavy atom. The van der Waals surface area contributed by atoms with Crippen LogP contribution in [0.2, 0.25) is 0 Å². The third-order valence-corrected chi connectivity index (χ3v) is 4.02. The molecule has 0 aliphatic carbocycles. The Bertz CT molecular complexity index is 1090. The first-order chi connectivity index (χ1) is 14.5. The van der Waals surface area contributed by atoms with Crippen LogP contribution in [-0.2, 0) is 0 Å². The summed E-state index contributed by atoms with van der Waals surface area (Å²) in [6.07, 6.45) is -1.67. The maximum absolute atomic E-state index is 13.9. The van der Waals surface area contributed by atoms with Crippen LogP contribution in [0.3, 0.4) is 0 Å². The Hall–Kier alpha value is -2.64. The molecule has 0 fully saturated rings. The molecule has 1 aromatic carbocycles. The predicted octanol–water partition coefficient (Wildman–Crippen LogP) is 3.38. The topological polar surface area (TPSA) is 79.1 Å². The molecule has 31 heavy (non-hydrogen) atoms. The Morgan fingerprint density at radius 2 is 1.68 bits per heavy atom. The molecule has 164 valence electrons. The number of benzene rings is 1. The van der Waals surface area contributed by atoms with Crippen molar-refractivity contribution in [3.8, 4) is 28.7 Å². The van der Waals surface area contributed by atoms with Crippen molar-refractivity contribution < 1.29 is 27.0 Å². The van der Waals surface area contributed by atoms with Crippen LogP contribution < -0.4 is 15.0 Å². The normalized spacial score (nSPS) is 11.9. The third kappa shape index (κ3) is 6.67. The molecule has 0 spiro atoms. The molecule has 2 heterocycles. The van der Waals surface area contributed by atoms with E-state index < -0.39 is 30.1 Å². The SMILES string of the molecule is O=c1cc(-c2ccnnc2)nc(OCC(F)(P)P)n1-c1ccc(OCC(F)(F)F)cc1. The van der Waals surface area contributed by atoms with Crippen LogP contribution in [0.25, 0.3) is 16.9 Å². The molecule has 0 saturated carbocycles. The number of alkyl halides is 4. The van der Waals surface area contributed by atoms with E-state index in [2.05, 4.69) is 19.9 Å². The van der Waals surface area contributed by atoms with Gasteiger partial charge in [0.2, 0.25) is 0 Å². The molecule has 0 saturated heterocycles. The second-order valence-electron chi connectivity index (χ2n) is 6.34. The largest absolute Gasteiger partial charge is 0.484 e. The Labute approximate surface area is 178 Å². The van der Waals surface area contributed by atoms with Gasteiger partial charge in [0.1, 0.15) is 12.4 Å². The minimum Gasteiger partial charge on any atom is -0.484 e. The van der Waals surface area contributed by atoms with Crippen molar-refractivity contribution in [3.63, 3.8) is 0 Å². The molecule has 2 unspecified atom stereocenters. The number of aromatic nitrogens is 4. The fraction of sp³-hybridized carbons (Fsp3) is 0.222. The highest BCUT2D eigenvalue weighted by Gasteiger charge is 2.28. The van der Waals surface area contributed by atoms with E-state index in [1.54, 1.807) is 6.07 Å². The number of ether oxygens (including phenoxy) is 2. The van der Waals surface area contributed by atoms with Gasteiger partial charge in [-0.2, -0.15) is 28.4 Å². The summed E-state index contributed by atoms with van der Waals surface area (Å²) in [5.41, 5.74) is 0.400. The van der Waals surface area contributed by atoms with Crippen molar-refractivity contribution >= 4 is 18.5 Å². The summed E-state index contributed by atoms with van der Waals surface area (Å²) in [7, 11) is 3.87. The summed E-state index contributed by atoms with van der Waals surface area (Å²) in [6.45, 7) is -1.91. The lowest BCUT2D eigenvalue weighted by atomic mass is 10.2. The summed E-state index contributed by atoms with van der Waals surface area (Å²) in [4.78, 5) is 17.1. The van der Waals surface area contributed by atoms with Gasteiger partial charge in [0.25, 0.3) is 5.56 Å². The lowest BCUT2D eigenvalue weighted by Crippen LogP contribution is -2.25. The Kier molecular flexibility index (Phi) is 6.86. The zero-order chi connectivity index (χ0) is 22.6. The van der Waals surface area contributed by atoms with E-state index in [0.717, 1.165) is 4.57 Å². The first-order valence-electron chi connectivity index (χ1n) is 8.62. The standard InChI is InChI=1S/C18H16F4N4O3P2/c19-17(20,21)9-28-13-3-1-12(2-4-13)26-15(27)7-14(11-5-6-23-24-8-11)25-16(26)29-10-18(22,30)31/h1-8H,9-10,30-31H2. The molecule has 0 amide bonds. The minimum atomic E-state index is -4.48. The van der Waals surface area contributed by atoms with Crippen LogP contribution in [0.4, 0.5) is 17.6 Å². The van der Waals surface area contributed by atoms with Gasteiger partial charge in [-0.3, -0.25) is 4.79 Å². The molecule has 2 atom stereocenters. The van der Waals surface area contributed by atoms with Crippen molar-refractivity contribution in [2.75, 3.05) is 13.2 Å². The van der Waals surface area contributed by atoms with Gasteiger partial charge in [0.15, 0.2) is 11.8 Å². The highest BCUT2D eigenvalue weighted by atomic mass is 31.1. The molecule has 0 radical (unpaired) electrons. The van der Waals surface area contributed by atoms with Crippen molar-refractivity contribution in [1.29, 1.82) is 0 Å². The number of nitrogens with zero attached hydrogens (tertiary/aromatic N) is 4. The summed E-state index contributed by atoms with van der Waals surface area (Å²) in [5, 5.41) is 5.52. The lowest BCUT2D eigenvalue weighted by Gasteiger charge is -2.18. The van der Waals surface area contributed by atoms with Crippen LogP contribution in [0.1, 0.15) is 0 Å². The van der Waals surface area contributed by atoms with Crippen molar-refractivity contribution in [2.45, 2.75) is 11.3 Å². The quantitative estimate of drug-likeness (QED) is 0.386. The molecule has 0 N–H and O–H groups in total. The molecular formula is C18H16F4N4O3P2. The van der Waals surface area contributed by atoms with Gasteiger partial charge in [-0.15, -0.1) is 0 Å². The Morgan fingerprint density at radius 1 is 0.968 bits per heavy atom. The van der Waals surface area contributed by atoms with Gasteiger partial charge in [-0.1, -0.05) is 18.5 Å². The van der Waals surface area contributed by atoms with E-state index in [4.69, 9.17) is 4.74 Å². The lowest BCUT2D eigenvalue weighted by molar-refractivity contribution is -0.153. The Balaban J connectivity index is 1.99. The predicted molar refractivity (Wildman–Crippen MR) is 111 cm³/mol. The first-order valence-corrected chi connectivity index (χ1v) is 9.78. The van der Waals surface area contributed by atoms with Crippen LogP contribution in [-0.4, -0.2) is 44.3 Å². The molecular weight excluding hydrogens is 458 g/mol. The highest BCUT2D eigenvalue weighted by molar-refractivity contribution is 7.39. The monoisotopic (exact) mass is 474 g/mol. The van der Waals surface area contributed by atoms with E-state index in [0.29, 0.717) is 5.56 Å². The van der Waals surface area contributed by atoms with Gasteiger partial charge in [-0.25, -0.2) is 8.96 Å². The second kappa shape index (κ2) is 9.24. The van der Waals surface area contributed by atoms with Gasteiger partial charge < -0.3 is 9.47 Å². The first kappa shape index (κ1) is 23.0. The van der Waals surface area contributed by atoms with E-state index in [1.807, 2.05) is 18.5 Å². The molecule has 3 rings (SSSR count). The average Bonchev–Trinajstić information content (AvgIpc) is 2.70. The number of rotatable bonds is 7. The highest BCUT2D eigenvalue weighted by Crippen LogP contribution is 2.30. The second-order valence-corrected chi connectivity index (χ2v) is 8.93. The molecule has 0 bridgehead atoms. The molecule has 13 heteroatoms. The number of hydrogen-bond acceptors (Lipinski definition) is 6. The smallest absolute Gasteiger partial charge is 0.422 e. The zero-order valence-corrected chi connectivity index (χ0v) is 18.0. The zero-order valence-electron chi connectivity index (χ0n) is 15.7. The summed E-state index contributed by atoms with van der Waals surface area (Å²) in [6, 6.07) is 7.85. The maximum Gasteiger partial charge on any atom is 0.422 e. The van der Waals surface area contributed by atoms with E-state index in [1.165, 1.54) is 42.7 Å². The van der Waals surface area contributed by atoms with Crippen molar-refractivity contribution in [2.24, 2.45) is 0 Å². The summed E-state index contributed by atoms with van der Waals surface area (Å²) < 4.78 is 62.0. The van der Waals surface area contributed by atoms with E-state index in [9.17, 15) is 22.4 Å². The van der Waals surface area contributed by atoms with Gasteiger partial charge in [0, 0.05) is 11.6 Å². The summed E-state index contributed by atoms with van der Waals surface area (Å²) in [5.74, 6) is -0.0401. The van der Waals surface area contributed by atoms with Gasteiger partial charge in [-0.05, 0) is 30.3 Å². The fourth-order valence-electron chi connectivity index (χ4n) is 2.42. The van der Waals surface area contributed by atoms with E-state index in [-0.39, 0.29) is 23.1 Å². The van der Waals surface area contributed by atoms with Gasteiger partial charge >= 0.3 is 12.2 Å². The average molecular weight is 474 g/mol. The van der Waals surface area contributed by atoms with Crippen LogP contribution >= 0.6 is 18.5 Å². The van der Waals surface area contributed by atoms with Crippen LogP contribution in [0.5, 0.6) is 11.8 Å². The van der Waals surface area contributed by atoms with Crippen LogP contribution in [0, 0.1) is 0 Å². The molecule has 3 aromatic rings. The van der Waals surface area contributed by atoms with Crippen LogP contribution in [0.15, 0.2) is 53.6 Å². The molecule has 0 aliphatic heterocycles. The third-order valence-electron chi connectivity index (χ3n) is 3.69.